The van der Waals surface area contributed by atoms with Gasteiger partial charge in [-0.2, -0.15) is 13.2 Å². The van der Waals surface area contributed by atoms with Gasteiger partial charge in [0, 0.05) is 6.04 Å². The van der Waals surface area contributed by atoms with Crippen LogP contribution in [0.5, 0.6) is 0 Å². The summed E-state index contributed by atoms with van der Waals surface area (Å²) in [6.45, 7) is 1.70. The van der Waals surface area contributed by atoms with Crippen molar-refractivity contribution in [3.8, 4) is 0 Å². The standard InChI is InChI=1S/C13H16F3N/c1-8-2-9(4-10-6-12(17)7-10)5-11(3-8)13(14,15)16/h2-3,5,10,12H,4,6-7,17H2,1H3. The van der Waals surface area contributed by atoms with E-state index in [1.165, 1.54) is 12.1 Å². The molecule has 0 radical (unpaired) electrons. The molecule has 1 aromatic rings. The Morgan fingerprint density at radius 2 is 1.88 bits per heavy atom. The molecule has 1 aliphatic rings. The molecule has 0 spiro atoms. The van der Waals surface area contributed by atoms with Crippen LogP contribution in [0.15, 0.2) is 18.2 Å². The molecule has 1 saturated carbocycles. The summed E-state index contributed by atoms with van der Waals surface area (Å²) in [5.74, 6) is 0.452. The van der Waals surface area contributed by atoms with Gasteiger partial charge in [0.1, 0.15) is 0 Å². The van der Waals surface area contributed by atoms with Gasteiger partial charge < -0.3 is 5.73 Å². The highest BCUT2D eigenvalue weighted by Crippen LogP contribution is 2.33. The molecule has 0 heterocycles. The van der Waals surface area contributed by atoms with E-state index in [1.54, 1.807) is 6.92 Å². The summed E-state index contributed by atoms with van der Waals surface area (Å²) in [4.78, 5) is 0. The molecule has 0 amide bonds. The molecule has 0 aliphatic heterocycles. The minimum Gasteiger partial charge on any atom is -0.328 e. The van der Waals surface area contributed by atoms with Crippen LogP contribution in [0.3, 0.4) is 0 Å². The quantitative estimate of drug-likeness (QED) is 0.847. The molecule has 0 saturated heterocycles. The minimum absolute atomic E-state index is 0.242. The maximum atomic E-state index is 12.6. The van der Waals surface area contributed by atoms with E-state index >= 15 is 0 Å². The second kappa shape index (κ2) is 4.33. The van der Waals surface area contributed by atoms with Crippen molar-refractivity contribution in [3.05, 3.63) is 34.9 Å². The summed E-state index contributed by atoms with van der Waals surface area (Å²) in [6, 6.07) is 4.53. The predicted molar refractivity (Wildman–Crippen MR) is 60.6 cm³/mol. The zero-order chi connectivity index (χ0) is 12.6. The summed E-state index contributed by atoms with van der Waals surface area (Å²) >= 11 is 0. The van der Waals surface area contributed by atoms with E-state index in [1.807, 2.05) is 6.07 Å². The third kappa shape index (κ3) is 3.00. The summed E-state index contributed by atoms with van der Waals surface area (Å²) in [5.41, 5.74) is 6.56. The number of hydrogen-bond acceptors (Lipinski definition) is 1. The van der Waals surface area contributed by atoms with E-state index in [2.05, 4.69) is 0 Å². The van der Waals surface area contributed by atoms with E-state index in [4.69, 9.17) is 5.73 Å². The zero-order valence-corrected chi connectivity index (χ0v) is 9.72. The third-order valence-electron chi connectivity index (χ3n) is 3.26. The highest BCUT2D eigenvalue weighted by Gasteiger charge is 2.31. The molecule has 1 fully saturated rings. The predicted octanol–water partition coefficient (Wildman–Crippen LogP) is 3.29. The third-order valence-corrected chi connectivity index (χ3v) is 3.26. The fourth-order valence-corrected chi connectivity index (χ4v) is 2.43. The van der Waals surface area contributed by atoms with E-state index in [0.29, 0.717) is 17.9 Å². The fraction of sp³-hybridized carbons (Fsp3) is 0.538. The molecule has 1 aromatic carbocycles. The van der Waals surface area contributed by atoms with Gasteiger partial charge in [-0.25, -0.2) is 0 Å². The summed E-state index contributed by atoms with van der Waals surface area (Å²) in [7, 11) is 0. The lowest BCUT2D eigenvalue weighted by molar-refractivity contribution is -0.137. The lowest BCUT2D eigenvalue weighted by Gasteiger charge is -2.32. The van der Waals surface area contributed by atoms with Crippen molar-refractivity contribution < 1.29 is 13.2 Å². The highest BCUT2D eigenvalue weighted by atomic mass is 19.4. The van der Waals surface area contributed by atoms with Crippen molar-refractivity contribution in [2.75, 3.05) is 0 Å². The van der Waals surface area contributed by atoms with Crippen LogP contribution in [0, 0.1) is 12.8 Å². The first-order valence-electron chi connectivity index (χ1n) is 5.78. The van der Waals surface area contributed by atoms with E-state index in [9.17, 15) is 13.2 Å². The molecular formula is C13H16F3N. The van der Waals surface area contributed by atoms with Gasteiger partial charge in [-0.15, -0.1) is 0 Å². The minimum atomic E-state index is -4.25. The summed E-state index contributed by atoms with van der Waals surface area (Å²) in [6.07, 6.45) is -1.69. The van der Waals surface area contributed by atoms with Crippen LogP contribution < -0.4 is 5.73 Å². The SMILES string of the molecule is Cc1cc(CC2CC(N)C2)cc(C(F)(F)F)c1. The molecule has 0 unspecified atom stereocenters. The number of nitrogens with two attached hydrogens (primary N) is 1. The largest absolute Gasteiger partial charge is 0.416 e. The van der Waals surface area contributed by atoms with Crippen LogP contribution in [-0.4, -0.2) is 6.04 Å². The number of rotatable bonds is 2. The lowest BCUT2D eigenvalue weighted by atomic mass is 9.77. The van der Waals surface area contributed by atoms with Crippen molar-refractivity contribution >= 4 is 0 Å². The number of halogens is 3. The maximum Gasteiger partial charge on any atom is 0.416 e. The Morgan fingerprint density at radius 3 is 2.41 bits per heavy atom. The number of alkyl halides is 3. The van der Waals surface area contributed by atoms with Gasteiger partial charge in [0.15, 0.2) is 0 Å². The first-order chi connectivity index (χ1) is 7.84. The van der Waals surface area contributed by atoms with E-state index < -0.39 is 11.7 Å². The fourth-order valence-electron chi connectivity index (χ4n) is 2.43. The van der Waals surface area contributed by atoms with Crippen LogP contribution >= 0.6 is 0 Å². The number of aryl methyl sites for hydroxylation is 1. The maximum absolute atomic E-state index is 12.6. The molecule has 1 nitrogen and oxygen atoms in total. The Kier molecular flexibility index (Phi) is 3.17. The highest BCUT2D eigenvalue weighted by molar-refractivity contribution is 5.31. The van der Waals surface area contributed by atoms with Crippen molar-refractivity contribution in [2.45, 2.75) is 38.4 Å². The van der Waals surface area contributed by atoms with Gasteiger partial charge >= 0.3 is 6.18 Å². The van der Waals surface area contributed by atoms with Crippen molar-refractivity contribution in [2.24, 2.45) is 11.7 Å². The molecule has 4 heteroatoms. The van der Waals surface area contributed by atoms with Gasteiger partial charge in [0.05, 0.1) is 5.56 Å². The first-order valence-corrected chi connectivity index (χ1v) is 5.78. The molecule has 0 aromatic heterocycles. The molecule has 94 valence electrons. The van der Waals surface area contributed by atoms with Crippen molar-refractivity contribution in [1.82, 2.24) is 0 Å². The normalized spacial score (nSPS) is 24.5. The number of benzene rings is 1. The molecule has 2 rings (SSSR count). The Bertz CT molecular complexity index is 406. The average Bonchev–Trinajstić information content (AvgIpc) is 2.13. The van der Waals surface area contributed by atoms with Crippen LogP contribution in [0.4, 0.5) is 13.2 Å². The molecule has 2 N–H and O–H groups in total. The van der Waals surface area contributed by atoms with Crippen LogP contribution in [0.25, 0.3) is 0 Å². The molecule has 0 atom stereocenters. The van der Waals surface area contributed by atoms with Crippen molar-refractivity contribution in [3.63, 3.8) is 0 Å². The smallest absolute Gasteiger partial charge is 0.328 e. The van der Waals surface area contributed by atoms with Crippen LogP contribution in [0.1, 0.15) is 29.5 Å². The summed E-state index contributed by atoms with van der Waals surface area (Å²) < 4.78 is 37.9. The van der Waals surface area contributed by atoms with Crippen LogP contribution in [-0.2, 0) is 12.6 Å². The molecular weight excluding hydrogens is 227 g/mol. The molecule has 17 heavy (non-hydrogen) atoms. The Balaban J connectivity index is 2.14. The van der Waals surface area contributed by atoms with Crippen LogP contribution in [0.2, 0.25) is 0 Å². The first kappa shape index (κ1) is 12.4. The summed E-state index contributed by atoms with van der Waals surface area (Å²) in [5, 5.41) is 0. The Labute approximate surface area is 98.8 Å². The van der Waals surface area contributed by atoms with Gasteiger partial charge in [-0.3, -0.25) is 0 Å². The average molecular weight is 243 g/mol. The van der Waals surface area contributed by atoms with E-state index in [0.717, 1.165) is 18.4 Å². The van der Waals surface area contributed by atoms with E-state index in [-0.39, 0.29) is 6.04 Å². The zero-order valence-electron chi connectivity index (χ0n) is 9.72. The topological polar surface area (TPSA) is 26.0 Å². The Morgan fingerprint density at radius 1 is 1.24 bits per heavy atom. The second-order valence-corrected chi connectivity index (χ2v) is 5.01. The van der Waals surface area contributed by atoms with Gasteiger partial charge in [-0.05, 0) is 49.8 Å². The van der Waals surface area contributed by atoms with Crippen molar-refractivity contribution in [1.29, 1.82) is 0 Å². The molecule has 0 bridgehead atoms. The second-order valence-electron chi connectivity index (χ2n) is 5.01. The van der Waals surface area contributed by atoms with Gasteiger partial charge in [-0.1, -0.05) is 11.6 Å². The lowest BCUT2D eigenvalue weighted by Crippen LogP contribution is -2.37. The monoisotopic (exact) mass is 243 g/mol. The molecule has 1 aliphatic carbocycles. The van der Waals surface area contributed by atoms with Gasteiger partial charge in [0.25, 0.3) is 0 Å². The number of hydrogen-bond donors (Lipinski definition) is 1. The Hall–Kier alpha value is -1.03. The van der Waals surface area contributed by atoms with Gasteiger partial charge in [0.2, 0.25) is 0 Å².